The van der Waals surface area contributed by atoms with E-state index >= 15 is 0 Å². The Bertz CT molecular complexity index is 288. The summed E-state index contributed by atoms with van der Waals surface area (Å²) < 4.78 is 4.75. The van der Waals surface area contributed by atoms with E-state index in [1.165, 1.54) is 13.5 Å². The summed E-state index contributed by atoms with van der Waals surface area (Å²) in [7, 11) is 1.35. The van der Waals surface area contributed by atoms with Crippen LogP contribution in [0.25, 0.3) is 0 Å². The lowest BCUT2D eigenvalue weighted by Crippen LogP contribution is -2.52. The second-order valence-electron chi connectivity index (χ2n) is 4.88. The molecule has 0 aromatic rings. The minimum Gasteiger partial charge on any atom is -0.467 e. The molecule has 18 heavy (non-hydrogen) atoms. The Morgan fingerprint density at radius 2 is 1.89 bits per heavy atom. The Morgan fingerprint density at radius 3 is 2.39 bits per heavy atom. The summed E-state index contributed by atoms with van der Waals surface area (Å²) in [5.74, 6) is -0.291. The van der Waals surface area contributed by atoms with Crippen LogP contribution in [0.2, 0.25) is 0 Å². The normalized spacial score (nSPS) is 18.9. The molecule has 1 aliphatic heterocycles. The highest BCUT2D eigenvalue weighted by Gasteiger charge is 2.28. The lowest BCUT2D eigenvalue weighted by atomic mass is 9.99. The standard InChI is InChI=1S/C13H24N2O3/c1-4-10(2)11(12(16)18-3)14-13(17)15-8-6-5-7-9-15/h10-11H,4-9H2,1-3H3,(H,14,17)/t10-,11-/m1/s1. The highest BCUT2D eigenvalue weighted by atomic mass is 16.5. The van der Waals surface area contributed by atoms with Gasteiger partial charge in [0.2, 0.25) is 0 Å². The third-order valence-corrected chi connectivity index (χ3v) is 3.59. The molecule has 2 atom stereocenters. The van der Waals surface area contributed by atoms with Gasteiger partial charge in [-0.1, -0.05) is 20.3 Å². The van der Waals surface area contributed by atoms with Gasteiger partial charge in [0.25, 0.3) is 0 Å². The molecule has 1 fully saturated rings. The van der Waals surface area contributed by atoms with Crippen molar-refractivity contribution in [3.63, 3.8) is 0 Å². The Balaban J connectivity index is 2.58. The van der Waals surface area contributed by atoms with Gasteiger partial charge in [0.15, 0.2) is 0 Å². The molecule has 0 spiro atoms. The minimum atomic E-state index is -0.547. The quantitative estimate of drug-likeness (QED) is 0.780. The monoisotopic (exact) mass is 256 g/mol. The Morgan fingerprint density at radius 1 is 1.28 bits per heavy atom. The minimum absolute atomic E-state index is 0.0752. The molecule has 0 bridgehead atoms. The molecule has 1 aliphatic rings. The number of urea groups is 1. The predicted molar refractivity (Wildman–Crippen MR) is 69.2 cm³/mol. The van der Waals surface area contributed by atoms with Crippen LogP contribution >= 0.6 is 0 Å². The van der Waals surface area contributed by atoms with Crippen molar-refractivity contribution in [3.05, 3.63) is 0 Å². The average Bonchev–Trinajstić information content (AvgIpc) is 2.43. The van der Waals surface area contributed by atoms with Crippen LogP contribution in [0, 0.1) is 5.92 Å². The van der Waals surface area contributed by atoms with Gasteiger partial charge >= 0.3 is 12.0 Å². The fraction of sp³-hybridized carbons (Fsp3) is 0.846. The van der Waals surface area contributed by atoms with Crippen LogP contribution in [0.4, 0.5) is 4.79 Å². The third-order valence-electron chi connectivity index (χ3n) is 3.59. The van der Waals surface area contributed by atoms with Crippen molar-refractivity contribution < 1.29 is 14.3 Å². The molecule has 104 valence electrons. The van der Waals surface area contributed by atoms with Crippen LogP contribution in [0.3, 0.4) is 0 Å². The molecule has 1 saturated heterocycles. The number of carbonyl (C=O) groups is 2. The van der Waals surface area contributed by atoms with Crippen LogP contribution in [-0.4, -0.2) is 43.1 Å². The number of ether oxygens (including phenoxy) is 1. The van der Waals surface area contributed by atoms with Gasteiger partial charge < -0.3 is 15.0 Å². The van der Waals surface area contributed by atoms with E-state index in [1.54, 1.807) is 4.90 Å². The number of methoxy groups -OCH3 is 1. The lowest BCUT2D eigenvalue weighted by Gasteiger charge is -2.30. The molecule has 0 saturated carbocycles. The summed E-state index contributed by atoms with van der Waals surface area (Å²) in [6.45, 7) is 5.49. The summed E-state index contributed by atoms with van der Waals surface area (Å²) in [4.78, 5) is 25.5. The Labute approximate surface area is 109 Å². The number of piperidine rings is 1. The van der Waals surface area contributed by atoms with Crippen molar-refractivity contribution in [2.75, 3.05) is 20.2 Å². The molecule has 2 amide bonds. The Kier molecular flexibility index (Phi) is 5.95. The number of likely N-dealkylation sites (tertiary alicyclic amines) is 1. The summed E-state index contributed by atoms with van der Waals surface area (Å²) in [5, 5.41) is 2.80. The van der Waals surface area contributed by atoms with Gasteiger partial charge in [0.05, 0.1) is 7.11 Å². The number of hydrogen-bond donors (Lipinski definition) is 1. The van der Waals surface area contributed by atoms with E-state index < -0.39 is 6.04 Å². The highest BCUT2D eigenvalue weighted by Crippen LogP contribution is 2.12. The molecule has 1 heterocycles. The number of esters is 1. The largest absolute Gasteiger partial charge is 0.467 e. The average molecular weight is 256 g/mol. The van der Waals surface area contributed by atoms with Crippen molar-refractivity contribution in [2.45, 2.75) is 45.6 Å². The van der Waals surface area contributed by atoms with E-state index in [9.17, 15) is 9.59 Å². The lowest BCUT2D eigenvalue weighted by molar-refractivity contribution is -0.144. The number of hydrogen-bond acceptors (Lipinski definition) is 3. The topological polar surface area (TPSA) is 58.6 Å². The summed E-state index contributed by atoms with van der Waals surface area (Å²) in [6, 6.07) is -0.695. The van der Waals surface area contributed by atoms with Crippen LogP contribution in [0.1, 0.15) is 39.5 Å². The number of nitrogens with zero attached hydrogens (tertiary/aromatic N) is 1. The molecule has 5 heteroatoms. The molecule has 1 N–H and O–H groups in total. The number of nitrogens with one attached hydrogen (secondary N) is 1. The molecule has 0 aromatic heterocycles. The van der Waals surface area contributed by atoms with Crippen LogP contribution in [0.15, 0.2) is 0 Å². The van der Waals surface area contributed by atoms with Gasteiger partial charge in [0.1, 0.15) is 6.04 Å². The third kappa shape index (κ3) is 3.89. The van der Waals surface area contributed by atoms with E-state index in [2.05, 4.69) is 5.32 Å². The second kappa shape index (κ2) is 7.24. The summed E-state index contributed by atoms with van der Waals surface area (Å²) >= 11 is 0. The van der Waals surface area contributed by atoms with Crippen LogP contribution < -0.4 is 5.32 Å². The molecule has 0 aliphatic carbocycles. The van der Waals surface area contributed by atoms with Gasteiger partial charge in [-0.05, 0) is 25.2 Å². The maximum atomic E-state index is 12.1. The maximum Gasteiger partial charge on any atom is 0.328 e. The van der Waals surface area contributed by atoms with Gasteiger partial charge in [-0.3, -0.25) is 0 Å². The predicted octanol–water partition coefficient (Wildman–Crippen LogP) is 1.77. The highest BCUT2D eigenvalue weighted by molar-refractivity contribution is 5.83. The van der Waals surface area contributed by atoms with Crippen molar-refractivity contribution in [2.24, 2.45) is 5.92 Å². The van der Waals surface area contributed by atoms with E-state index in [0.29, 0.717) is 0 Å². The first-order valence-electron chi connectivity index (χ1n) is 6.73. The van der Waals surface area contributed by atoms with Gasteiger partial charge in [0, 0.05) is 13.1 Å². The molecule has 0 aromatic carbocycles. The van der Waals surface area contributed by atoms with E-state index in [-0.39, 0.29) is 17.9 Å². The molecule has 0 unspecified atom stereocenters. The number of rotatable bonds is 4. The second-order valence-corrected chi connectivity index (χ2v) is 4.88. The first-order valence-corrected chi connectivity index (χ1v) is 6.73. The molecular formula is C13H24N2O3. The zero-order chi connectivity index (χ0) is 13.5. The van der Waals surface area contributed by atoms with Crippen LogP contribution in [0.5, 0.6) is 0 Å². The van der Waals surface area contributed by atoms with E-state index in [4.69, 9.17) is 4.74 Å². The molecule has 5 nitrogen and oxygen atoms in total. The number of amides is 2. The summed E-state index contributed by atoms with van der Waals surface area (Å²) in [6.07, 6.45) is 4.08. The van der Waals surface area contributed by atoms with Crippen molar-refractivity contribution >= 4 is 12.0 Å². The van der Waals surface area contributed by atoms with Crippen molar-refractivity contribution in [3.8, 4) is 0 Å². The maximum absolute atomic E-state index is 12.1. The van der Waals surface area contributed by atoms with Gasteiger partial charge in [-0.2, -0.15) is 0 Å². The van der Waals surface area contributed by atoms with Gasteiger partial charge in [-0.25, -0.2) is 9.59 Å². The molecular weight excluding hydrogens is 232 g/mol. The fourth-order valence-electron chi connectivity index (χ4n) is 2.12. The van der Waals surface area contributed by atoms with Gasteiger partial charge in [-0.15, -0.1) is 0 Å². The fourth-order valence-corrected chi connectivity index (χ4v) is 2.12. The van der Waals surface area contributed by atoms with Crippen molar-refractivity contribution in [1.29, 1.82) is 0 Å². The number of carbonyl (C=O) groups excluding carboxylic acids is 2. The van der Waals surface area contributed by atoms with E-state index in [1.807, 2.05) is 13.8 Å². The zero-order valence-corrected chi connectivity index (χ0v) is 11.6. The smallest absolute Gasteiger partial charge is 0.328 e. The first kappa shape index (κ1) is 14.8. The Hall–Kier alpha value is -1.26. The summed E-state index contributed by atoms with van der Waals surface area (Å²) in [5.41, 5.74) is 0. The van der Waals surface area contributed by atoms with E-state index in [0.717, 1.165) is 32.4 Å². The SMILES string of the molecule is CC[C@@H](C)[C@@H](NC(=O)N1CCCCC1)C(=O)OC. The van der Waals surface area contributed by atoms with Crippen LogP contribution in [-0.2, 0) is 9.53 Å². The van der Waals surface area contributed by atoms with Crippen molar-refractivity contribution in [1.82, 2.24) is 10.2 Å². The molecule has 1 rings (SSSR count). The first-order chi connectivity index (χ1) is 8.60. The zero-order valence-electron chi connectivity index (χ0n) is 11.6. The molecule has 0 radical (unpaired) electrons.